The Labute approximate surface area is 351 Å². The van der Waals surface area contributed by atoms with Gasteiger partial charge in [-0.3, -0.25) is 24.3 Å². The molecule has 0 amide bonds. The molecule has 16 heavy (non-hydrogen) atoms. The maximum Gasteiger partial charge on any atom is 0 e. The molecule has 0 bridgehead atoms. The Morgan fingerprint density at radius 1 is 0.312 bits per heavy atom. The average molecular weight is 965 g/mol. The summed E-state index contributed by atoms with van der Waals surface area (Å²) in [6.45, 7) is 0. The summed E-state index contributed by atoms with van der Waals surface area (Å²) in [5, 5.41) is 0. The summed E-state index contributed by atoms with van der Waals surface area (Å²) in [5.41, 5.74) is 0. The number of hydrogen-bond donors (Lipinski definition) is 0. The zero-order chi connectivity index (χ0) is 4.24. The summed E-state index contributed by atoms with van der Waals surface area (Å²) in [6.07, 6.45) is 0. The first kappa shape index (κ1) is 63.4. The van der Waals surface area contributed by atoms with E-state index in [-0.39, 0.29) is 327 Å². The molecule has 0 spiro atoms. The molecule has 0 nitrogen and oxygen atoms in total. The summed E-state index contributed by atoms with van der Waals surface area (Å²) in [6, 6.07) is 13.0. The number of rotatable bonds is 0. The first-order valence-electron chi connectivity index (χ1n) is 1.82. The summed E-state index contributed by atoms with van der Waals surface area (Å²) < 4.78 is 0. The zero-order valence-electron chi connectivity index (χ0n) is 9.08. The molecular formula is C6H4Y10-2. The van der Waals surface area contributed by atoms with E-state index in [0.717, 1.165) is 0 Å². The fraction of sp³-hybridized carbons (Fsp3) is 0. The van der Waals surface area contributed by atoms with Gasteiger partial charge in [0.15, 0.2) is 0 Å². The van der Waals surface area contributed by atoms with Gasteiger partial charge < -0.3 is 12.1 Å². The molecule has 10 heteroatoms. The van der Waals surface area contributed by atoms with Crippen LogP contribution in [0.4, 0.5) is 0 Å². The van der Waals surface area contributed by atoms with Crippen molar-refractivity contribution in [2.45, 2.75) is 0 Å². The average Bonchev–Trinajstić information content (AvgIpc) is 1.72. The van der Waals surface area contributed by atoms with Crippen molar-refractivity contribution in [3.05, 3.63) is 36.4 Å². The third-order valence-electron chi connectivity index (χ3n) is 0.552. The van der Waals surface area contributed by atoms with Gasteiger partial charge in [-0.1, -0.05) is 0 Å². The van der Waals surface area contributed by atoms with Crippen LogP contribution in [0.15, 0.2) is 24.3 Å². The van der Waals surface area contributed by atoms with Crippen LogP contribution in [-0.4, -0.2) is 0 Å². The van der Waals surface area contributed by atoms with Crippen molar-refractivity contribution in [1.29, 1.82) is 0 Å². The van der Waals surface area contributed by atoms with E-state index in [0.29, 0.717) is 0 Å². The minimum absolute atomic E-state index is 0. The first-order chi connectivity index (χ1) is 3.00. The van der Waals surface area contributed by atoms with Crippen LogP contribution in [0.3, 0.4) is 0 Å². The van der Waals surface area contributed by atoms with Crippen molar-refractivity contribution in [1.82, 2.24) is 0 Å². The molecule has 0 aromatic heterocycles. The summed E-state index contributed by atoms with van der Waals surface area (Å²) in [7, 11) is 0. The van der Waals surface area contributed by atoms with E-state index in [1.165, 1.54) is 0 Å². The molecule has 0 aliphatic rings. The molecular weight excluding hydrogens is 961 g/mol. The van der Waals surface area contributed by atoms with Crippen LogP contribution < -0.4 is 0 Å². The minimum atomic E-state index is 0. The second-order valence-corrected chi connectivity index (χ2v) is 1.00. The normalized spacial score (nSPS) is 3.00. The second-order valence-electron chi connectivity index (χ2n) is 1.00. The van der Waals surface area contributed by atoms with Crippen molar-refractivity contribution >= 4 is 0 Å². The molecule has 1 aromatic rings. The van der Waals surface area contributed by atoms with Gasteiger partial charge in [-0.15, -0.1) is 0 Å². The summed E-state index contributed by atoms with van der Waals surface area (Å²) >= 11 is 0. The molecule has 1 aromatic carbocycles. The van der Waals surface area contributed by atoms with E-state index in [9.17, 15) is 0 Å². The molecule has 0 atom stereocenters. The molecule has 0 saturated heterocycles. The number of hydrogen-bond acceptors (Lipinski definition) is 0. The van der Waals surface area contributed by atoms with Crippen molar-refractivity contribution in [2.24, 2.45) is 0 Å². The van der Waals surface area contributed by atoms with Crippen LogP contribution in [0.2, 0.25) is 0 Å². The molecule has 1 rings (SSSR count). The van der Waals surface area contributed by atoms with Crippen molar-refractivity contribution in [2.75, 3.05) is 0 Å². The van der Waals surface area contributed by atoms with Crippen molar-refractivity contribution < 1.29 is 327 Å². The smallest absolute Gasteiger partial charge is 0 e. The van der Waals surface area contributed by atoms with Gasteiger partial charge in [0.2, 0.25) is 0 Å². The molecule has 10 radical (unpaired) electrons. The van der Waals surface area contributed by atoms with Crippen molar-refractivity contribution in [3.8, 4) is 0 Å². The molecule has 0 N–H and O–H groups in total. The van der Waals surface area contributed by atoms with Crippen LogP contribution >= 0.6 is 0 Å². The number of benzene rings is 1. The molecule has 0 fully saturated rings. The topological polar surface area (TPSA) is 0 Å². The first-order valence-corrected chi connectivity index (χ1v) is 1.82. The SMILES string of the molecule is [Y].[Y].[Y].[Y].[Y].[Y].[Y].[Y].[Y].[Y].[c-]1cc[c-]cc1. The van der Waals surface area contributed by atoms with Gasteiger partial charge in [0, 0.05) is 327 Å². The van der Waals surface area contributed by atoms with Gasteiger partial charge in [-0.2, -0.15) is 0 Å². The fourth-order valence-corrected chi connectivity index (χ4v) is 0.304. The van der Waals surface area contributed by atoms with Gasteiger partial charge in [-0.05, 0) is 0 Å². The molecule has 60 valence electrons. The van der Waals surface area contributed by atoms with E-state index in [2.05, 4.69) is 12.1 Å². The zero-order valence-corrected chi connectivity index (χ0v) is 37.5. The molecule has 0 unspecified atom stereocenters. The van der Waals surface area contributed by atoms with Crippen LogP contribution in [0.25, 0.3) is 0 Å². The molecule has 0 saturated carbocycles. The van der Waals surface area contributed by atoms with Crippen LogP contribution in [0, 0.1) is 12.1 Å². The molecule has 0 aliphatic carbocycles. The Kier molecular flexibility index (Phi) is 223. The predicted octanol–water partition coefficient (Wildman–Crippen LogP) is 1.26. The minimum Gasteiger partial charge on any atom is -0.319 e. The van der Waals surface area contributed by atoms with Gasteiger partial charge >= 0.3 is 0 Å². The standard InChI is InChI=1S/C6H4.10Y/c1-2-4-6-5-3-1;;;;;;;;;;/h1-2,5-6H;;;;;;;;;;/q-2;;;;;;;;;;. The van der Waals surface area contributed by atoms with Crippen LogP contribution in [0.1, 0.15) is 0 Å². The second kappa shape index (κ2) is 56.2. The Morgan fingerprint density at radius 2 is 0.438 bits per heavy atom. The van der Waals surface area contributed by atoms with E-state index >= 15 is 0 Å². The van der Waals surface area contributed by atoms with Gasteiger partial charge in [0.1, 0.15) is 0 Å². The van der Waals surface area contributed by atoms with Crippen molar-refractivity contribution in [3.63, 3.8) is 0 Å². The summed E-state index contributed by atoms with van der Waals surface area (Å²) in [4.78, 5) is 0. The Bertz CT molecular complexity index is 87.2. The van der Waals surface area contributed by atoms with Crippen LogP contribution in [0.5, 0.6) is 0 Å². The predicted molar refractivity (Wildman–Crippen MR) is 24.1 cm³/mol. The third-order valence-corrected chi connectivity index (χ3v) is 0.552. The van der Waals surface area contributed by atoms with Gasteiger partial charge in [-0.25, -0.2) is 0 Å². The Balaban J connectivity index is -0.00000000450. The van der Waals surface area contributed by atoms with E-state index in [1.54, 1.807) is 0 Å². The fourth-order valence-electron chi connectivity index (χ4n) is 0.304. The van der Waals surface area contributed by atoms with E-state index in [4.69, 9.17) is 0 Å². The molecule has 0 aliphatic heterocycles. The van der Waals surface area contributed by atoms with E-state index < -0.39 is 0 Å². The van der Waals surface area contributed by atoms with Crippen LogP contribution in [-0.2, 0) is 327 Å². The monoisotopic (exact) mass is 965 g/mol. The largest absolute Gasteiger partial charge is 0.319 e. The molecule has 0 heterocycles. The Hall–Kier alpha value is 10.3. The maximum absolute atomic E-state index is 2.86. The quantitative estimate of drug-likeness (QED) is 0.345. The Morgan fingerprint density at radius 3 is 0.500 bits per heavy atom. The van der Waals surface area contributed by atoms with Gasteiger partial charge in [0.25, 0.3) is 0 Å². The van der Waals surface area contributed by atoms with Gasteiger partial charge in [0.05, 0.1) is 0 Å². The summed E-state index contributed by atoms with van der Waals surface area (Å²) in [5.74, 6) is 0. The maximum atomic E-state index is 2.86. The van der Waals surface area contributed by atoms with E-state index in [1.807, 2.05) is 24.3 Å². The third kappa shape index (κ3) is 49.6.